The quantitative estimate of drug-likeness (QED) is 0.455. The van der Waals surface area contributed by atoms with Gasteiger partial charge in [-0.25, -0.2) is 9.78 Å². The number of carbonyl (C=O) groups is 2. The summed E-state index contributed by atoms with van der Waals surface area (Å²) in [6, 6.07) is 22.6. The van der Waals surface area contributed by atoms with Crippen LogP contribution in [0.3, 0.4) is 0 Å². The molecule has 0 saturated carbocycles. The number of amides is 1. The van der Waals surface area contributed by atoms with Crippen LogP contribution < -0.4 is 5.32 Å². The third kappa shape index (κ3) is 4.28. The molecule has 2 heterocycles. The molecule has 1 amide bonds. The molecule has 1 N–H and O–H groups in total. The number of ether oxygens (including phenoxy) is 1. The molecule has 1 aliphatic heterocycles. The minimum absolute atomic E-state index is 0.174. The first-order valence-corrected chi connectivity index (χ1v) is 10.9. The molecule has 0 spiro atoms. The second kappa shape index (κ2) is 8.74. The Morgan fingerprint density at radius 3 is 2.61 bits per heavy atom. The van der Waals surface area contributed by atoms with E-state index in [-0.39, 0.29) is 24.0 Å². The summed E-state index contributed by atoms with van der Waals surface area (Å²) in [5.74, 6) is -0.539. The fraction of sp³-hybridized carbons (Fsp3) is 0.148. The van der Waals surface area contributed by atoms with Crippen molar-refractivity contribution in [2.24, 2.45) is 0 Å². The van der Waals surface area contributed by atoms with Crippen molar-refractivity contribution in [3.05, 3.63) is 119 Å². The largest absolute Gasteiger partial charge is 0.454 e. The highest BCUT2D eigenvalue weighted by Crippen LogP contribution is 2.31. The van der Waals surface area contributed by atoms with E-state index >= 15 is 0 Å². The lowest BCUT2D eigenvalue weighted by molar-refractivity contribution is 0.0252. The Hall–Kier alpha value is -4.19. The third-order valence-electron chi connectivity index (χ3n) is 5.96. The second-order valence-corrected chi connectivity index (χ2v) is 8.14. The average Bonchev–Trinajstić information content (AvgIpc) is 3.39. The third-order valence-corrected chi connectivity index (χ3v) is 5.96. The zero-order valence-electron chi connectivity index (χ0n) is 18.1. The summed E-state index contributed by atoms with van der Waals surface area (Å²) in [4.78, 5) is 29.5. The first-order valence-electron chi connectivity index (χ1n) is 10.9. The summed E-state index contributed by atoms with van der Waals surface area (Å²) in [6.45, 7) is 1.95. The number of nitrogens with one attached hydrogen (secondary N) is 1. The lowest BCUT2D eigenvalue weighted by atomic mass is 9.93. The zero-order chi connectivity index (χ0) is 22.8. The van der Waals surface area contributed by atoms with Gasteiger partial charge < -0.3 is 14.6 Å². The summed E-state index contributed by atoms with van der Waals surface area (Å²) in [5.41, 5.74) is 4.81. The predicted molar refractivity (Wildman–Crippen MR) is 124 cm³/mol. The molecular weight excluding hydrogens is 414 g/mol. The molecule has 6 nitrogen and oxygen atoms in total. The first kappa shape index (κ1) is 20.7. The molecule has 3 aromatic carbocycles. The van der Waals surface area contributed by atoms with Gasteiger partial charge in [0, 0.05) is 30.1 Å². The number of aromatic nitrogens is 2. The number of carbonyl (C=O) groups excluding carboxylic acids is 2. The zero-order valence-corrected chi connectivity index (χ0v) is 18.1. The van der Waals surface area contributed by atoms with Crippen LogP contribution in [0.25, 0.3) is 5.69 Å². The van der Waals surface area contributed by atoms with Gasteiger partial charge in [-0.15, -0.1) is 0 Å². The lowest BCUT2D eigenvalue weighted by Gasteiger charge is -2.25. The number of rotatable bonds is 5. The van der Waals surface area contributed by atoms with E-state index in [1.54, 1.807) is 30.7 Å². The molecule has 1 aromatic heterocycles. The first-order chi connectivity index (χ1) is 16.1. The van der Waals surface area contributed by atoms with Crippen molar-refractivity contribution in [2.45, 2.75) is 25.5 Å². The molecule has 0 fully saturated rings. The van der Waals surface area contributed by atoms with Crippen LogP contribution in [0.4, 0.5) is 0 Å². The second-order valence-electron chi connectivity index (χ2n) is 8.14. The van der Waals surface area contributed by atoms with Crippen LogP contribution in [0.1, 0.15) is 56.5 Å². The molecule has 33 heavy (non-hydrogen) atoms. The van der Waals surface area contributed by atoms with Crippen LogP contribution in [-0.2, 0) is 11.2 Å². The summed E-state index contributed by atoms with van der Waals surface area (Å²) >= 11 is 0. The van der Waals surface area contributed by atoms with E-state index in [1.165, 1.54) is 0 Å². The van der Waals surface area contributed by atoms with Crippen molar-refractivity contribution in [1.29, 1.82) is 0 Å². The van der Waals surface area contributed by atoms with E-state index in [2.05, 4.69) is 10.3 Å². The van der Waals surface area contributed by atoms with Crippen molar-refractivity contribution in [3.63, 3.8) is 0 Å². The highest BCUT2D eigenvalue weighted by Gasteiger charge is 2.28. The van der Waals surface area contributed by atoms with Gasteiger partial charge in [-0.3, -0.25) is 4.79 Å². The fourth-order valence-corrected chi connectivity index (χ4v) is 4.10. The van der Waals surface area contributed by atoms with E-state index in [0.717, 1.165) is 22.4 Å². The molecule has 2 atom stereocenters. The minimum atomic E-state index is -0.358. The fourth-order valence-electron chi connectivity index (χ4n) is 4.10. The Balaban J connectivity index is 1.31. The van der Waals surface area contributed by atoms with Crippen LogP contribution in [0.15, 0.2) is 91.5 Å². The Morgan fingerprint density at radius 1 is 1.09 bits per heavy atom. The van der Waals surface area contributed by atoms with Crippen LogP contribution in [0.2, 0.25) is 0 Å². The summed E-state index contributed by atoms with van der Waals surface area (Å²) < 4.78 is 7.54. The number of fused-ring (bicyclic) bond motifs is 1. The van der Waals surface area contributed by atoms with Crippen molar-refractivity contribution in [3.8, 4) is 5.69 Å². The predicted octanol–water partition coefficient (Wildman–Crippen LogP) is 4.82. The van der Waals surface area contributed by atoms with Crippen molar-refractivity contribution in [2.75, 3.05) is 0 Å². The smallest absolute Gasteiger partial charge is 0.339 e. The van der Waals surface area contributed by atoms with Gasteiger partial charge in [0.25, 0.3) is 5.91 Å². The van der Waals surface area contributed by atoms with Gasteiger partial charge in [0.15, 0.2) is 0 Å². The summed E-state index contributed by atoms with van der Waals surface area (Å²) in [7, 11) is 0. The molecule has 6 heteroatoms. The number of hydrogen-bond donors (Lipinski definition) is 1. The SMILES string of the molecule is C[C@@H](NC(=O)c1ccc2c(c1)C[C@H](c1ccccc1)OC2=O)c1ccc(-n2ccnc2)cc1. The molecule has 0 radical (unpaired) electrons. The Labute approximate surface area is 191 Å². The maximum absolute atomic E-state index is 13.0. The van der Waals surface area contributed by atoms with E-state index < -0.39 is 0 Å². The monoisotopic (exact) mass is 437 g/mol. The Kier molecular flexibility index (Phi) is 5.48. The number of benzene rings is 3. The average molecular weight is 437 g/mol. The topological polar surface area (TPSA) is 73.2 Å². The molecule has 0 bridgehead atoms. The standard InChI is InChI=1S/C27H23N3O3/c1-18(19-7-10-23(11-8-19)30-14-13-28-17-30)29-26(31)21-9-12-24-22(15-21)16-25(33-27(24)32)20-5-3-2-4-6-20/h2-15,17-18,25H,16H2,1H3,(H,29,31)/t18-,25-/m1/s1. The van der Waals surface area contributed by atoms with E-state index in [1.807, 2.05) is 72.3 Å². The molecule has 0 unspecified atom stereocenters. The van der Waals surface area contributed by atoms with Crippen molar-refractivity contribution in [1.82, 2.24) is 14.9 Å². The summed E-state index contributed by atoms with van der Waals surface area (Å²) in [6.07, 6.45) is 5.55. The molecule has 5 rings (SSSR count). The Morgan fingerprint density at radius 2 is 1.88 bits per heavy atom. The van der Waals surface area contributed by atoms with E-state index in [4.69, 9.17) is 4.74 Å². The number of nitrogens with zero attached hydrogens (tertiary/aromatic N) is 2. The lowest BCUT2D eigenvalue weighted by Crippen LogP contribution is -2.28. The Bertz CT molecular complexity index is 1280. The van der Waals surface area contributed by atoms with Gasteiger partial charge in [-0.2, -0.15) is 0 Å². The van der Waals surface area contributed by atoms with Gasteiger partial charge in [-0.05, 0) is 53.9 Å². The molecular formula is C27H23N3O3. The van der Waals surface area contributed by atoms with E-state index in [9.17, 15) is 9.59 Å². The van der Waals surface area contributed by atoms with Crippen molar-refractivity contribution >= 4 is 11.9 Å². The molecule has 1 aliphatic rings. The molecule has 4 aromatic rings. The van der Waals surface area contributed by atoms with Gasteiger partial charge in [0.2, 0.25) is 0 Å². The molecule has 0 saturated heterocycles. The van der Waals surface area contributed by atoms with Crippen molar-refractivity contribution < 1.29 is 14.3 Å². The maximum atomic E-state index is 13.0. The number of hydrogen-bond acceptors (Lipinski definition) is 4. The van der Waals surface area contributed by atoms with Gasteiger partial charge in [0.05, 0.1) is 17.9 Å². The van der Waals surface area contributed by atoms with Crippen LogP contribution in [0.5, 0.6) is 0 Å². The summed E-state index contributed by atoms with van der Waals surface area (Å²) in [5, 5.41) is 3.05. The minimum Gasteiger partial charge on any atom is -0.454 e. The molecule has 164 valence electrons. The molecule has 0 aliphatic carbocycles. The highest BCUT2D eigenvalue weighted by molar-refractivity contribution is 5.98. The van der Waals surface area contributed by atoms with Crippen LogP contribution >= 0.6 is 0 Å². The highest BCUT2D eigenvalue weighted by atomic mass is 16.5. The number of esters is 1. The van der Waals surface area contributed by atoms with Gasteiger partial charge in [0.1, 0.15) is 6.10 Å². The van der Waals surface area contributed by atoms with Crippen LogP contribution in [-0.4, -0.2) is 21.4 Å². The van der Waals surface area contributed by atoms with E-state index in [0.29, 0.717) is 17.5 Å². The number of imidazole rings is 1. The number of cyclic esters (lactones) is 1. The maximum Gasteiger partial charge on any atom is 0.339 e. The van der Waals surface area contributed by atoms with Gasteiger partial charge in [-0.1, -0.05) is 42.5 Å². The van der Waals surface area contributed by atoms with Gasteiger partial charge >= 0.3 is 5.97 Å². The normalized spacial score (nSPS) is 15.9. The van der Waals surface area contributed by atoms with Crippen LogP contribution in [0, 0.1) is 0 Å².